The molecule has 6 heteroatoms. The molecule has 1 unspecified atom stereocenters. The molecule has 0 saturated heterocycles. The Morgan fingerprint density at radius 1 is 1.11 bits per heavy atom. The lowest BCUT2D eigenvalue weighted by atomic mass is 9.81. The zero-order chi connectivity index (χ0) is 19.1. The SMILES string of the molecule is COC(CS(=O)(=O)N1CC2(CCCC2)c2ccccc21)c1ccc(F)cc1. The quantitative estimate of drug-likeness (QED) is 0.771. The van der Waals surface area contributed by atoms with E-state index < -0.39 is 16.1 Å². The number of hydrogen-bond donors (Lipinski definition) is 0. The largest absolute Gasteiger partial charge is 0.376 e. The van der Waals surface area contributed by atoms with E-state index in [9.17, 15) is 12.8 Å². The molecule has 0 radical (unpaired) electrons. The number of ether oxygens (including phenoxy) is 1. The van der Waals surface area contributed by atoms with E-state index in [0.717, 1.165) is 36.9 Å². The van der Waals surface area contributed by atoms with Crippen LogP contribution in [0.25, 0.3) is 0 Å². The summed E-state index contributed by atoms with van der Waals surface area (Å²) in [4.78, 5) is 0. The summed E-state index contributed by atoms with van der Waals surface area (Å²) in [5, 5.41) is 0. The zero-order valence-electron chi connectivity index (χ0n) is 15.4. The van der Waals surface area contributed by atoms with Crippen LogP contribution in [0.3, 0.4) is 0 Å². The summed E-state index contributed by atoms with van der Waals surface area (Å²) < 4.78 is 46.9. The third kappa shape index (κ3) is 3.25. The van der Waals surface area contributed by atoms with E-state index >= 15 is 0 Å². The Balaban J connectivity index is 1.65. The normalized spacial score (nSPS) is 19.4. The molecule has 1 aliphatic heterocycles. The van der Waals surface area contributed by atoms with Crippen molar-refractivity contribution in [1.29, 1.82) is 0 Å². The number of nitrogens with zero attached hydrogens (tertiary/aromatic N) is 1. The van der Waals surface area contributed by atoms with E-state index in [1.807, 2.05) is 18.2 Å². The van der Waals surface area contributed by atoms with E-state index in [2.05, 4.69) is 6.07 Å². The van der Waals surface area contributed by atoms with E-state index in [-0.39, 0.29) is 17.0 Å². The first-order valence-electron chi connectivity index (χ1n) is 9.33. The van der Waals surface area contributed by atoms with Crippen molar-refractivity contribution in [1.82, 2.24) is 0 Å². The van der Waals surface area contributed by atoms with Gasteiger partial charge in [0.05, 0.1) is 17.5 Å². The minimum absolute atomic E-state index is 0.0535. The molecule has 0 amide bonds. The monoisotopic (exact) mass is 389 g/mol. The van der Waals surface area contributed by atoms with Crippen molar-refractivity contribution in [3.05, 3.63) is 65.5 Å². The van der Waals surface area contributed by atoms with Crippen LogP contribution >= 0.6 is 0 Å². The van der Waals surface area contributed by atoms with Gasteiger partial charge in [-0.25, -0.2) is 12.8 Å². The Morgan fingerprint density at radius 3 is 2.44 bits per heavy atom. The summed E-state index contributed by atoms with van der Waals surface area (Å²) in [6.45, 7) is 0.508. The molecular formula is C21H24FNO3S. The van der Waals surface area contributed by atoms with Crippen LogP contribution in [0.5, 0.6) is 0 Å². The third-order valence-corrected chi connectivity index (χ3v) is 7.70. The molecule has 2 aliphatic rings. The van der Waals surface area contributed by atoms with Crippen LogP contribution in [0.2, 0.25) is 0 Å². The molecule has 1 aliphatic carbocycles. The van der Waals surface area contributed by atoms with Crippen LogP contribution in [0.4, 0.5) is 10.1 Å². The lowest BCUT2D eigenvalue weighted by Gasteiger charge is -2.26. The highest BCUT2D eigenvalue weighted by molar-refractivity contribution is 7.92. The second-order valence-electron chi connectivity index (χ2n) is 7.57. The average molecular weight is 389 g/mol. The number of anilines is 1. The van der Waals surface area contributed by atoms with Gasteiger partial charge in [-0.2, -0.15) is 0 Å². The third-order valence-electron chi connectivity index (χ3n) is 5.98. The van der Waals surface area contributed by atoms with Crippen LogP contribution in [-0.4, -0.2) is 27.8 Å². The molecule has 1 atom stereocenters. The molecule has 0 bridgehead atoms. The molecule has 2 aromatic carbocycles. The first-order chi connectivity index (χ1) is 13.0. The molecule has 4 nitrogen and oxygen atoms in total. The Hall–Kier alpha value is -1.92. The van der Waals surface area contributed by atoms with Crippen LogP contribution in [0.1, 0.15) is 42.9 Å². The van der Waals surface area contributed by atoms with Gasteiger partial charge in [-0.3, -0.25) is 4.31 Å². The fourth-order valence-electron chi connectivity index (χ4n) is 4.57. The van der Waals surface area contributed by atoms with Crippen molar-refractivity contribution in [2.75, 3.05) is 23.7 Å². The van der Waals surface area contributed by atoms with Crippen molar-refractivity contribution in [3.63, 3.8) is 0 Å². The molecule has 0 N–H and O–H groups in total. The number of benzene rings is 2. The molecule has 1 saturated carbocycles. The highest BCUT2D eigenvalue weighted by atomic mass is 32.2. The second-order valence-corrected chi connectivity index (χ2v) is 9.50. The van der Waals surface area contributed by atoms with E-state index in [1.54, 1.807) is 16.4 Å². The summed E-state index contributed by atoms with van der Waals surface area (Å²) in [6.07, 6.45) is 3.70. The Bertz CT molecular complexity index is 921. The lowest BCUT2D eigenvalue weighted by molar-refractivity contribution is 0.121. The van der Waals surface area contributed by atoms with Crippen molar-refractivity contribution < 1.29 is 17.5 Å². The molecule has 1 heterocycles. The first kappa shape index (κ1) is 18.4. The standard InChI is InChI=1S/C21H24FNO3S/c1-26-20(16-8-10-17(22)11-9-16)14-27(24,25)23-15-21(12-4-5-13-21)18-6-2-3-7-19(18)23/h2-3,6-11,20H,4-5,12-15H2,1H3. The summed E-state index contributed by atoms with van der Waals surface area (Å²) in [7, 11) is -2.11. The lowest BCUT2D eigenvalue weighted by Crippen LogP contribution is -2.38. The zero-order valence-corrected chi connectivity index (χ0v) is 16.2. The molecule has 4 rings (SSSR count). The van der Waals surface area contributed by atoms with Gasteiger partial charge in [0, 0.05) is 19.1 Å². The average Bonchev–Trinajstić information content (AvgIpc) is 3.27. The molecular weight excluding hydrogens is 365 g/mol. The van der Waals surface area contributed by atoms with Gasteiger partial charge < -0.3 is 4.74 Å². The van der Waals surface area contributed by atoms with Gasteiger partial charge in [0.2, 0.25) is 10.0 Å². The van der Waals surface area contributed by atoms with Crippen molar-refractivity contribution in [2.24, 2.45) is 0 Å². The number of rotatable bonds is 5. The van der Waals surface area contributed by atoms with Crippen molar-refractivity contribution in [2.45, 2.75) is 37.2 Å². The second kappa shape index (κ2) is 6.91. The Kier molecular flexibility index (Phi) is 4.72. The molecule has 2 aromatic rings. The van der Waals surface area contributed by atoms with Gasteiger partial charge in [-0.15, -0.1) is 0 Å². The van der Waals surface area contributed by atoms with Gasteiger partial charge in [-0.1, -0.05) is 43.2 Å². The van der Waals surface area contributed by atoms with Gasteiger partial charge >= 0.3 is 0 Å². The first-order valence-corrected chi connectivity index (χ1v) is 10.9. The summed E-state index contributed by atoms with van der Waals surface area (Å²) in [5.41, 5.74) is 2.56. The highest BCUT2D eigenvalue weighted by Crippen LogP contribution is 2.51. The van der Waals surface area contributed by atoms with Crippen molar-refractivity contribution >= 4 is 15.7 Å². The summed E-state index contributed by atoms with van der Waals surface area (Å²) >= 11 is 0. The highest BCUT2D eigenvalue weighted by Gasteiger charge is 2.47. The Morgan fingerprint density at radius 2 is 1.78 bits per heavy atom. The van der Waals surface area contributed by atoms with Crippen LogP contribution in [-0.2, 0) is 20.2 Å². The number of sulfonamides is 1. The summed E-state index contributed by atoms with van der Waals surface area (Å²) in [5.74, 6) is -0.521. The number of fused-ring (bicyclic) bond motifs is 2. The predicted molar refractivity (Wildman–Crippen MR) is 104 cm³/mol. The summed E-state index contributed by atoms with van der Waals surface area (Å²) in [6, 6.07) is 13.7. The Labute approximate surface area is 160 Å². The van der Waals surface area contributed by atoms with Gasteiger partial charge in [0.25, 0.3) is 0 Å². The number of para-hydroxylation sites is 1. The molecule has 0 aromatic heterocycles. The van der Waals surface area contributed by atoms with Gasteiger partial charge in [0.1, 0.15) is 5.82 Å². The van der Waals surface area contributed by atoms with Gasteiger partial charge in [0.15, 0.2) is 0 Å². The minimum atomic E-state index is -3.59. The molecule has 27 heavy (non-hydrogen) atoms. The predicted octanol–water partition coefficient (Wildman–Crippen LogP) is 4.18. The maximum atomic E-state index is 13.3. The van der Waals surface area contributed by atoms with Gasteiger partial charge in [-0.05, 0) is 42.2 Å². The topological polar surface area (TPSA) is 46.6 Å². The van der Waals surface area contributed by atoms with Crippen LogP contribution < -0.4 is 4.31 Å². The van der Waals surface area contributed by atoms with E-state index in [4.69, 9.17) is 4.74 Å². The van der Waals surface area contributed by atoms with E-state index in [1.165, 1.54) is 19.2 Å². The number of methoxy groups -OCH3 is 1. The maximum Gasteiger partial charge on any atom is 0.238 e. The molecule has 1 spiro atoms. The smallest absolute Gasteiger partial charge is 0.238 e. The fraction of sp³-hybridized carbons (Fsp3) is 0.429. The molecule has 1 fully saturated rings. The number of halogens is 1. The van der Waals surface area contributed by atoms with Crippen LogP contribution in [0.15, 0.2) is 48.5 Å². The van der Waals surface area contributed by atoms with Crippen LogP contribution in [0, 0.1) is 5.82 Å². The van der Waals surface area contributed by atoms with Crippen molar-refractivity contribution in [3.8, 4) is 0 Å². The minimum Gasteiger partial charge on any atom is -0.376 e. The van der Waals surface area contributed by atoms with E-state index in [0.29, 0.717) is 12.1 Å². The molecule has 144 valence electrons. The fourth-order valence-corrected chi connectivity index (χ4v) is 6.37. The maximum absolute atomic E-state index is 13.3. The number of hydrogen-bond acceptors (Lipinski definition) is 3.